The van der Waals surface area contributed by atoms with Crippen molar-refractivity contribution in [2.75, 3.05) is 29.2 Å². The van der Waals surface area contributed by atoms with Gasteiger partial charge in [0.2, 0.25) is 11.9 Å². The summed E-state index contributed by atoms with van der Waals surface area (Å²) in [4.78, 5) is 13.4. The molecule has 6 rings (SSSR count). The van der Waals surface area contributed by atoms with E-state index in [0.29, 0.717) is 86.7 Å². The first-order valence-electron chi connectivity index (χ1n) is 13.8. The second-order valence-corrected chi connectivity index (χ2v) is 10.9. The van der Waals surface area contributed by atoms with Crippen LogP contribution in [0, 0.1) is 34.9 Å². The Morgan fingerprint density at radius 3 is 2.11 bits per heavy atom. The normalized spacial score (nSPS) is 20.1. The molecule has 0 radical (unpaired) electrons. The molecule has 9 nitrogen and oxygen atoms in total. The van der Waals surface area contributed by atoms with Gasteiger partial charge in [0.1, 0.15) is 34.6 Å². The molecule has 4 aromatic rings. The van der Waals surface area contributed by atoms with E-state index in [1.807, 2.05) is 0 Å². The minimum Gasteiger partial charge on any atom is -0.468 e. The summed E-state index contributed by atoms with van der Waals surface area (Å²) in [5.74, 6) is -6.14. The van der Waals surface area contributed by atoms with E-state index in [-0.39, 0.29) is 29.3 Å². The van der Waals surface area contributed by atoms with Gasteiger partial charge in [0.25, 0.3) is 5.17 Å². The zero-order valence-corrected chi connectivity index (χ0v) is 23.7. The molecule has 0 amide bonds. The van der Waals surface area contributed by atoms with Gasteiger partial charge in [0.05, 0.1) is 18.8 Å². The molecular weight excluding hydrogens is 612 g/mol. The van der Waals surface area contributed by atoms with Crippen molar-refractivity contribution in [2.24, 2.45) is 0 Å². The van der Waals surface area contributed by atoms with Gasteiger partial charge in [-0.15, -0.1) is 0 Å². The number of aromatic nitrogens is 4. The average Bonchev–Trinajstić information content (AvgIpc) is 3.61. The molecule has 1 aliphatic carbocycles. The Hall–Kier alpha value is -4.18. The average molecular weight is 638 g/mol. The quantitative estimate of drug-likeness (QED) is 0.155. The van der Waals surface area contributed by atoms with Crippen molar-refractivity contribution in [3.8, 4) is 0 Å². The summed E-state index contributed by atoms with van der Waals surface area (Å²) >= 11 is 5.09. The van der Waals surface area contributed by atoms with Crippen molar-refractivity contribution in [3.63, 3.8) is 0 Å². The first-order chi connectivity index (χ1) is 21.1. The number of anilines is 4. The van der Waals surface area contributed by atoms with Gasteiger partial charge in [0.15, 0.2) is 28.9 Å². The lowest BCUT2D eigenvalue weighted by molar-refractivity contribution is 0.142. The van der Waals surface area contributed by atoms with Gasteiger partial charge in [-0.1, -0.05) is 0 Å². The van der Waals surface area contributed by atoms with Crippen LogP contribution in [0.25, 0.3) is 11.2 Å². The molecule has 1 saturated carbocycles. The van der Waals surface area contributed by atoms with Gasteiger partial charge >= 0.3 is 0 Å². The van der Waals surface area contributed by atoms with E-state index in [1.54, 1.807) is 4.57 Å². The van der Waals surface area contributed by atoms with Crippen LogP contribution in [-0.4, -0.2) is 50.1 Å². The largest absolute Gasteiger partial charge is 0.468 e. The van der Waals surface area contributed by atoms with Gasteiger partial charge in [-0.3, -0.25) is 4.57 Å². The number of ether oxygens (including phenoxy) is 2. The maximum atomic E-state index is 14.4. The van der Waals surface area contributed by atoms with Crippen LogP contribution in [0.4, 0.5) is 49.6 Å². The summed E-state index contributed by atoms with van der Waals surface area (Å²) in [6, 6.07) is 1.98. The van der Waals surface area contributed by atoms with Crippen LogP contribution in [0.2, 0.25) is 0 Å². The summed E-state index contributed by atoms with van der Waals surface area (Å²) < 4.78 is 96.2. The predicted octanol–water partition coefficient (Wildman–Crippen LogP) is 6.50. The Bertz CT molecular complexity index is 1660. The number of imidazole rings is 1. The molecule has 3 heterocycles. The molecule has 232 valence electrons. The molecule has 1 saturated heterocycles. The standard InChI is InChI=1S/C28H25F6N7O2S/c29-13-7-18(31)23(19(32)8-13)38-27-37-22-11-35-26(40-25(22)41(27)16-5-6-42-12-16)36-15-1-3-17(4-2-15)43-28(44)39-24-20(33)9-14(30)10-21(24)34/h7-11,15-17H,1-6,12H2,(H,37,38)(H,39,44)(H,35,36,40)/t15?,16-,17?/m0/s1. The van der Waals surface area contributed by atoms with Crippen LogP contribution < -0.4 is 16.0 Å². The highest BCUT2D eigenvalue weighted by Gasteiger charge is 2.28. The highest BCUT2D eigenvalue weighted by Crippen LogP contribution is 2.33. The maximum Gasteiger partial charge on any atom is 0.261 e. The molecule has 0 spiro atoms. The van der Waals surface area contributed by atoms with Crippen LogP contribution in [0.15, 0.2) is 30.5 Å². The number of rotatable bonds is 7. The lowest BCUT2D eigenvalue weighted by atomic mass is 9.93. The highest BCUT2D eigenvalue weighted by molar-refractivity contribution is 7.80. The third-order valence-electron chi connectivity index (χ3n) is 7.46. The highest BCUT2D eigenvalue weighted by atomic mass is 32.1. The first kappa shape index (κ1) is 29.9. The third kappa shape index (κ3) is 6.36. The smallest absolute Gasteiger partial charge is 0.261 e. The summed E-state index contributed by atoms with van der Waals surface area (Å²) in [5, 5.41) is 8.07. The Morgan fingerprint density at radius 2 is 1.50 bits per heavy atom. The molecular formula is C28H25F6N7O2S. The lowest BCUT2D eigenvalue weighted by Gasteiger charge is -2.29. The van der Waals surface area contributed by atoms with Crippen molar-refractivity contribution in [2.45, 2.75) is 50.3 Å². The number of benzene rings is 2. The van der Waals surface area contributed by atoms with Crippen LogP contribution in [0.1, 0.15) is 38.1 Å². The fourth-order valence-corrected chi connectivity index (χ4v) is 5.58. The van der Waals surface area contributed by atoms with Gasteiger partial charge in [-0.25, -0.2) is 36.3 Å². The number of hydrogen-bond donors (Lipinski definition) is 3. The fourth-order valence-electron chi connectivity index (χ4n) is 5.35. The van der Waals surface area contributed by atoms with E-state index >= 15 is 0 Å². The van der Waals surface area contributed by atoms with E-state index in [1.165, 1.54) is 6.20 Å². The van der Waals surface area contributed by atoms with Crippen LogP contribution in [-0.2, 0) is 9.47 Å². The Labute approximate surface area is 252 Å². The van der Waals surface area contributed by atoms with Gasteiger partial charge < -0.3 is 25.4 Å². The number of hydrogen-bond acceptors (Lipinski definition) is 8. The van der Waals surface area contributed by atoms with E-state index in [0.717, 1.165) is 0 Å². The Balaban J connectivity index is 1.13. The SMILES string of the molecule is Fc1cc(F)c(NC(=S)OC2CCC(Nc3ncc4nc(Nc5c(F)cc(F)cc5F)n([C@H]5CCOC5)c4n3)CC2)c(F)c1. The number of fused-ring (bicyclic) bond motifs is 1. The van der Waals surface area contributed by atoms with Crippen LogP contribution in [0.3, 0.4) is 0 Å². The molecule has 0 unspecified atom stereocenters. The summed E-state index contributed by atoms with van der Waals surface area (Å²) in [7, 11) is 0. The number of nitrogens with zero attached hydrogens (tertiary/aromatic N) is 4. The number of thiocarbonyl (C=S) groups is 1. The number of halogens is 6. The minimum atomic E-state index is -1.13. The van der Waals surface area contributed by atoms with Crippen molar-refractivity contribution in [1.82, 2.24) is 19.5 Å². The summed E-state index contributed by atoms with van der Waals surface area (Å²) in [5.41, 5.74) is -0.346. The predicted molar refractivity (Wildman–Crippen MR) is 153 cm³/mol. The molecule has 3 N–H and O–H groups in total. The van der Waals surface area contributed by atoms with Gasteiger partial charge in [-0.05, 0) is 44.3 Å². The van der Waals surface area contributed by atoms with E-state index in [9.17, 15) is 26.3 Å². The fraction of sp³-hybridized carbons (Fsp3) is 0.357. The van der Waals surface area contributed by atoms with Gasteiger partial charge in [0, 0.05) is 36.9 Å². The summed E-state index contributed by atoms with van der Waals surface area (Å²) in [6.07, 6.45) is 4.20. The molecule has 0 bridgehead atoms. The van der Waals surface area contributed by atoms with Crippen LogP contribution >= 0.6 is 12.2 Å². The molecule has 44 heavy (non-hydrogen) atoms. The molecule has 2 aromatic carbocycles. The monoisotopic (exact) mass is 637 g/mol. The second-order valence-electron chi connectivity index (χ2n) is 10.5. The molecule has 1 aliphatic heterocycles. The molecule has 2 fully saturated rings. The Kier molecular flexibility index (Phi) is 8.44. The van der Waals surface area contributed by atoms with E-state index in [2.05, 4.69) is 30.9 Å². The topological polar surface area (TPSA) is 98.2 Å². The number of nitrogens with one attached hydrogen (secondary N) is 3. The minimum absolute atomic E-state index is 0.0352. The zero-order chi connectivity index (χ0) is 31.0. The molecule has 1 atom stereocenters. The maximum absolute atomic E-state index is 14.4. The summed E-state index contributed by atoms with van der Waals surface area (Å²) in [6.45, 7) is 0.819. The van der Waals surface area contributed by atoms with Crippen molar-refractivity contribution >= 4 is 51.8 Å². The van der Waals surface area contributed by atoms with Crippen LogP contribution in [0.5, 0.6) is 0 Å². The third-order valence-corrected chi connectivity index (χ3v) is 7.66. The zero-order valence-electron chi connectivity index (χ0n) is 22.8. The first-order valence-corrected chi connectivity index (χ1v) is 14.2. The molecule has 2 aliphatic rings. The lowest BCUT2D eigenvalue weighted by Crippen LogP contribution is -2.32. The molecule has 2 aromatic heterocycles. The van der Waals surface area contributed by atoms with Crippen molar-refractivity contribution in [1.29, 1.82) is 0 Å². The van der Waals surface area contributed by atoms with Crippen molar-refractivity contribution in [3.05, 3.63) is 65.4 Å². The van der Waals surface area contributed by atoms with Gasteiger partial charge in [-0.2, -0.15) is 4.98 Å². The molecule has 16 heteroatoms. The second kappa shape index (κ2) is 12.4. The Morgan fingerprint density at radius 1 is 0.864 bits per heavy atom. The van der Waals surface area contributed by atoms with Crippen molar-refractivity contribution < 1.29 is 35.8 Å². The van der Waals surface area contributed by atoms with E-state index < -0.39 is 46.3 Å². The van der Waals surface area contributed by atoms with E-state index in [4.69, 9.17) is 21.7 Å².